The standard InChI is InChI=1S/C22H31F3N2O5S/c1-33(30,31)26-19-7-4-12-27(21(29)13-28)20(19)14-32-16-10-8-15(9-11-16)17-5-2-3-6-18(17)22(23,24)25/h2-3,5-6,15-16,19-20,26,28H,4,7-14H2,1H3/t15-,16+,19-,20?/m0/s1. The second kappa shape index (κ2) is 10.7. The van der Waals surface area contributed by atoms with Crippen molar-refractivity contribution in [1.82, 2.24) is 9.62 Å². The van der Waals surface area contributed by atoms with Crippen LogP contribution >= 0.6 is 0 Å². The summed E-state index contributed by atoms with van der Waals surface area (Å²) in [6.45, 7) is -0.185. The van der Waals surface area contributed by atoms with E-state index in [-0.39, 0.29) is 18.6 Å². The van der Waals surface area contributed by atoms with E-state index in [1.807, 2.05) is 0 Å². The molecule has 1 amide bonds. The number of ether oxygens (including phenoxy) is 1. The van der Waals surface area contributed by atoms with Crippen LogP contribution in [0.25, 0.3) is 0 Å². The monoisotopic (exact) mass is 492 g/mol. The number of nitrogens with one attached hydrogen (secondary N) is 1. The Bertz CT molecular complexity index is 917. The number of sulfonamides is 1. The summed E-state index contributed by atoms with van der Waals surface area (Å²) in [6, 6.07) is 4.58. The van der Waals surface area contributed by atoms with Gasteiger partial charge < -0.3 is 14.7 Å². The molecule has 11 heteroatoms. The maximum absolute atomic E-state index is 13.4. The molecular formula is C22H31F3N2O5S. The van der Waals surface area contributed by atoms with Gasteiger partial charge in [-0.05, 0) is 56.1 Å². The third kappa shape index (κ3) is 6.91. The molecule has 3 rings (SSSR count). The first-order valence-electron chi connectivity index (χ1n) is 11.1. The Morgan fingerprint density at radius 1 is 1.18 bits per heavy atom. The smallest absolute Gasteiger partial charge is 0.387 e. The molecule has 1 saturated carbocycles. The van der Waals surface area contributed by atoms with Crippen LogP contribution in [0, 0.1) is 0 Å². The zero-order chi connectivity index (χ0) is 24.2. The average molecular weight is 493 g/mol. The van der Waals surface area contributed by atoms with E-state index in [0.717, 1.165) is 12.3 Å². The Morgan fingerprint density at radius 3 is 2.45 bits per heavy atom. The minimum absolute atomic E-state index is 0.0907. The van der Waals surface area contributed by atoms with Gasteiger partial charge in [0, 0.05) is 12.6 Å². The summed E-state index contributed by atoms with van der Waals surface area (Å²) in [4.78, 5) is 13.7. The topological polar surface area (TPSA) is 95.9 Å². The van der Waals surface area contributed by atoms with E-state index in [0.29, 0.717) is 50.6 Å². The highest BCUT2D eigenvalue weighted by Crippen LogP contribution is 2.41. The quantitative estimate of drug-likeness (QED) is 0.610. The van der Waals surface area contributed by atoms with E-state index in [9.17, 15) is 31.5 Å². The number of aliphatic hydroxyl groups excluding tert-OH is 1. The van der Waals surface area contributed by atoms with E-state index >= 15 is 0 Å². The van der Waals surface area contributed by atoms with Gasteiger partial charge in [-0.15, -0.1) is 0 Å². The predicted molar refractivity (Wildman–Crippen MR) is 116 cm³/mol. The number of benzene rings is 1. The molecule has 2 fully saturated rings. The van der Waals surface area contributed by atoms with Gasteiger partial charge in [0.15, 0.2) is 0 Å². The Hall–Kier alpha value is -1.69. The van der Waals surface area contributed by atoms with Crippen LogP contribution in [0.5, 0.6) is 0 Å². The average Bonchev–Trinajstić information content (AvgIpc) is 2.76. The minimum atomic E-state index is -4.39. The fourth-order valence-corrected chi connectivity index (χ4v) is 5.79. The van der Waals surface area contributed by atoms with Crippen LogP contribution in [0.4, 0.5) is 13.2 Å². The molecule has 2 atom stereocenters. The van der Waals surface area contributed by atoms with Crippen LogP contribution in [0.1, 0.15) is 55.6 Å². The molecule has 0 aromatic heterocycles. The van der Waals surface area contributed by atoms with Gasteiger partial charge in [-0.1, -0.05) is 18.2 Å². The molecule has 1 aliphatic carbocycles. The molecule has 2 aliphatic rings. The third-order valence-electron chi connectivity index (χ3n) is 6.48. The molecular weight excluding hydrogens is 461 g/mol. The zero-order valence-electron chi connectivity index (χ0n) is 18.6. The van der Waals surface area contributed by atoms with E-state index in [2.05, 4.69) is 4.72 Å². The second-order valence-electron chi connectivity index (χ2n) is 8.84. The number of carbonyl (C=O) groups excluding carboxylic acids is 1. The maximum Gasteiger partial charge on any atom is 0.416 e. The molecule has 0 bridgehead atoms. The van der Waals surface area contributed by atoms with Crippen molar-refractivity contribution in [2.75, 3.05) is 26.0 Å². The summed E-state index contributed by atoms with van der Waals surface area (Å²) in [5.74, 6) is -0.694. The number of alkyl halides is 3. The number of rotatable bonds is 7. The van der Waals surface area contributed by atoms with Crippen molar-refractivity contribution in [3.63, 3.8) is 0 Å². The van der Waals surface area contributed by atoms with Crippen molar-refractivity contribution in [2.24, 2.45) is 0 Å². The van der Waals surface area contributed by atoms with Gasteiger partial charge in [0.1, 0.15) is 6.61 Å². The molecule has 0 spiro atoms. The molecule has 2 N–H and O–H groups in total. The van der Waals surface area contributed by atoms with Crippen molar-refractivity contribution < 1.29 is 36.2 Å². The van der Waals surface area contributed by atoms with Crippen molar-refractivity contribution in [2.45, 2.75) is 68.8 Å². The SMILES string of the molecule is CS(=O)(=O)N[C@H]1CCCN(C(=O)CO)C1CO[C@H]1CC[C@@H](c2ccccc2C(F)(F)F)CC1. The number of halogens is 3. The van der Waals surface area contributed by atoms with Crippen molar-refractivity contribution in [3.05, 3.63) is 35.4 Å². The highest BCUT2D eigenvalue weighted by atomic mass is 32.2. The van der Waals surface area contributed by atoms with Crippen molar-refractivity contribution in [1.29, 1.82) is 0 Å². The fraction of sp³-hybridized carbons (Fsp3) is 0.682. The molecule has 1 saturated heterocycles. The lowest BCUT2D eigenvalue weighted by Crippen LogP contribution is -2.59. The molecule has 1 aliphatic heterocycles. The van der Waals surface area contributed by atoms with Crippen LogP contribution in [-0.4, -0.2) is 68.5 Å². The van der Waals surface area contributed by atoms with E-state index < -0.39 is 46.4 Å². The van der Waals surface area contributed by atoms with Crippen LogP contribution in [-0.2, 0) is 25.7 Å². The lowest BCUT2D eigenvalue weighted by molar-refractivity contribution is -0.142. The van der Waals surface area contributed by atoms with Crippen LogP contribution in [0.2, 0.25) is 0 Å². The number of likely N-dealkylation sites (tertiary alicyclic amines) is 1. The number of nitrogens with zero attached hydrogens (tertiary/aromatic N) is 1. The lowest BCUT2D eigenvalue weighted by Gasteiger charge is -2.42. The Kier molecular flexibility index (Phi) is 8.41. The summed E-state index contributed by atoms with van der Waals surface area (Å²) in [5, 5.41) is 9.31. The Balaban J connectivity index is 1.63. The molecule has 1 heterocycles. The summed E-state index contributed by atoms with van der Waals surface area (Å²) in [5.41, 5.74) is -0.280. The summed E-state index contributed by atoms with van der Waals surface area (Å²) in [6.07, 6.45) is -0.155. The number of carbonyl (C=O) groups is 1. The number of piperidine rings is 1. The Labute approximate surface area is 192 Å². The fourth-order valence-electron chi connectivity index (χ4n) is 4.96. The summed E-state index contributed by atoms with van der Waals surface area (Å²) in [7, 11) is -3.51. The van der Waals surface area contributed by atoms with Gasteiger partial charge in [-0.25, -0.2) is 13.1 Å². The van der Waals surface area contributed by atoms with Gasteiger partial charge in [0.25, 0.3) is 0 Å². The number of hydrogen-bond donors (Lipinski definition) is 2. The molecule has 1 aromatic rings. The van der Waals surface area contributed by atoms with Gasteiger partial charge >= 0.3 is 6.18 Å². The first-order chi connectivity index (χ1) is 15.5. The zero-order valence-corrected chi connectivity index (χ0v) is 19.4. The molecule has 1 unspecified atom stereocenters. The highest BCUT2D eigenvalue weighted by Gasteiger charge is 2.38. The van der Waals surface area contributed by atoms with E-state index in [4.69, 9.17) is 4.74 Å². The summed E-state index contributed by atoms with van der Waals surface area (Å²) < 4.78 is 72.3. The second-order valence-corrected chi connectivity index (χ2v) is 10.6. The van der Waals surface area contributed by atoms with Gasteiger partial charge in [-0.3, -0.25) is 4.79 Å². The molecule has 0 radical (unpaired) electrons. The number of hydrogen-bond acceptors (Lipinski definition) is 5. The molecule has 186 valence electrons. The van der Waals surface area contributed by atoms with Gasteiger partial charge in [0.05, 0.1) is 30.6 Å². The lowest BCUT2D eigenvalue weighted by atomic mass is 9.81. The summed E-state index contributed by atoms with van der Waals surface area (Å²) >= 11 is 0. The highest BCUT2D eigenvalue weighted by molar-refractivity contribution is 7.88. The van der Waals surface area contributed by atoms with Gasteiger partial charge in [-0.2, -0.15) is 13.2 Å². The normalized spacial score (nSPS) is 26.9. The third-order valence-corrected chi connectivity index (χ3v) is 7.21. The molecule has 1 aromatic carbocycles. The first-order valence-corrected chi connectivity index (χ1v) is 13.0. The van der Waals surface area contributed by atoms with Crippen molar-refractivity contribution in [3.8, 4) is 0 Å². The van der Waals surface area contributed by atoms with E-state index in [1.54, 1.807) is 6.07 Å². The van der Waals surface area contributed by atoms with Crippen LogP contribution in [0.3, 0.4) is 0 Å². The van der Waals surface area contributed by atoms with Crippen LogP contribution < -0.4 is 4.72 Å². The predicted octanol–water partition coefficient (Wildman–Crippen LogP) is 2.65. The first kappa shape index (κ1) is 25.9. The maximum atomic E-state index is 13.4. The van der Waals surface area contributed by atoms with Crippen molar-refractivity contribution >= 4 is 15.9 Å². The van der Waals surface area contributed by atoms with Gasteiger partial charge in [0.2, 0.25) is 15.9 Å². The molecule has 33 heavy (non-hydrogen) atoms. The molecule has 7 nitrogen and oxygen atoms in total. The largest absolute Gasteiger partial charge is 0.416 e. The van der Waals surface area contributed by atoms with E-state index in [1.165, 1.54) is 17.0 Å². The van der Waals surface area contributed by atoms with Crippen LogP contribution in [0.15, 0.2) is 24.3 Å². The number of aliphatic hydroxyl groups is 1. The minimum Gasteiger partial charge on any atom is -0.387 e. The Morgan fingerprint density at radius 2 is 1.85 bits per heavy atom. The number of amides is 1.